The van der Waals surface area contributed by atoms with Crippen molar-refractivity contribution < 1.29 is 32.7 Å². The minimum Gasteiger partial charge on any atom is -0.423 e. The van der Waals surface area contributed by atoms with Crippen molar-refractivity contribution in [2.24, 2.45) is 0 Å². The SMILES string of the molecule is O=S1Oc2ccc3cc(B(O)O)ccc3c2-c2c(ccc3cc(B(O)O)ccc23)O1. The number of rotatable bonds is 2. The van der Waals surface area contributed by atoms with E-state index in [1.165, 1.54) is 0 Å². The average molecular weight is 420 g/mol. The molecular weight excluding hydrogens is 406 g/mol. The van der Waals surface area contributed by atoms with Gasteiger partial charge in [0.15, 0.2) is 11.5 Å². The van der Waals surface area contributed by atoms with Gasteiger partial charge >= 0.3 is 25.6 Å². The van der Waals surface area contributed by atoms with Crippen LogP contribution in [0.4, 0.5) is 0 Å². The van der Waals surface area contributed by atoms with Crippen LogP contribution in [0.15, 0.2) is 60.7 Å². The molecule has 0 amide bonds. The molecule has 30 heavy (non-hydrogen) atoms. The highest BCUT2D eigenvalue weighted by atomic mass is 32.2. The second-order valence-electron chi connectivity index (χ2n) is 6.96. The smallest absolute Gasteiger partial charge is 0.423 e. The van der Waals surface area contributed by atoms with Crippen molar-refractivity contribution in [2.75, 3.05) is 0 Å². The first-order valence-electron chi connectivity index (χ1n) is 9.07. The van der Waals surface area contributed by atoms with E-state index < -0.39 is 25.6 Å². The van der Waals surface area contributed by atoms with Crippen molar-refractivity contribution in [3.63, 3.8) is 0 Å². The Bertz CT molecular complexity index is 1240. The van der Waals surface area contributed by atoms with Crippen LogP contribution in [0.25, 0.3) is 32.7 Å². The molecule has 0 bridgehead atoms. The molecule has 1 aliphatic rings. The van der Waals surface area contributed by atoms with Gasteiger partial charge in [0.2, 0.25) is 0 Å². The second kappa shape index (κ2) is 7.12. The van der Waals surface area contributed by atoms with Crippen LogP contribution in [0.2, 0.25) is 0 Å². The summed E-state index contributed by atoms with van der Waals surface area (Å²) < 4.78 is 23.3. The lowest BCUT2D eigenvalue weighted by atomic mass is 9.78. The zero-order chi connectivity index (χ0) is 21.0. The first kappa shape index (κ1) is 19.1. The third-order valence-corrected chi connectivity index (χ3v) is 5.80. The summed E-state index contributed by atoms with van der Waals surface area (Å²) in [6.07, 6.45) is 0. The topological polar surface area (TPSA) is 116 Å². The summed E-state index contributed by atoms with van der Waals surface area (Å²) in [7, 11) is -3.20. The van der Waals surface area contributed by atoms with Gasteiger partial charge < -0.3 is 28.5 Å². The molecule has 7 nitrogen and oxygen atoms in total. The number of benzene rings is 4. The zero-order valence-corrected chi connectivity index (χ0v) is 16.2. The molecule has 0 saturated carbocycles. The molecular formula is C20H14B2O7S. The third kappa shape index (κ3) is 3.06. The van der Waals surface area contributed by atoms with Gasteiger partial charge in [-0.1, -0.05) is 48.5 Å². The molecule has 4 N–H and O–H groups in total. The highest BCUT2D eigenvalue weighted by Gasteiger charge is 2.26. The Labute approximate surface area is 174 Å². The van der Waals surface area contributed by atoms with Crippen molar-refractivity contribution in [1.82, 2.24) is 0 Å². The van der Waals surface area contributed by atoms with Crippen LogP contribution < -0.4 is 19.3 Å². The summed E-state index contributed by atoms with van der Waals surface area (Å²) in [6.45, 7) is 0. The monoisotopic (exact) mass is 420 g/mol. The molecule has 0 spiro atoms. The summed E-state index contributed by atoms with van der Waals surface area (Å²) in [6, 6.07) is 16.8. The minimum absolute atomic E-state index is 0.344. The summed E-state index contributed by atoms with van der Waals surface area (Å²) in [5, 5.41) is 41.0. The lowest BCUT2D eigenvalue weighted by molar-refractivity contribution is 0.424. The molecule has 0 aromatic heterocycles. The summed E-state index contributed by atoms with van der Waals surface area (Å²) in [5.41, 5.74) is 1.98. The molecule has 0 fully saturated rings. The van der Waals surface area contributed by atoms with Gasteiger partial charge in [-0.3, -0.25) is 0 Å². The molecule has 0 aliphatic carbocycles. The van der Waals surface area contributed by atoms with Crippen LogP contribution in [0.1, 0.15) is 0 Å². The first-order valence-corrected chi connectivity index (χ1v) is 10.1. The van der Waals surface area contributed by atoms with E-state index in [2.05, 4.69) is 0 Å². The van der Waals surface area contributed by atoms with E-state index >= 15 is 0 Å². The van der Waals surface area contributed by atoms with Crippen molar-refractivity contribution in [3.8, 4) is 22.6 Å². The maximum absolute atomic E-state index is 12.3. The van der Waals surface area contributed by atoms with Crippen molar-refractivity contribution in [2.45, 2.75) is 0 Å². The molecule has 4 aromatic rings. The van der Waals surface area contributed by atoms with Crippen LogP contribution in [0, 0.1) is 0 Å². The number of fused-ring (bicyclic) bond motifs is 7. The van der Waals surface area contributed by atoms with Gasteiger partial charge in [0.1, 0.15) is 0 Å². The van der Waals surface area contributed by atoms with Gasteiger partial charge in [0.25, 0.3) is 0 Å². The number of hydrogen-bond donors (Lipinski definition) is 4. The first-order chi connectivity index (χ1) is 14.4. The van der Waals surface area contributed by atoms with Crippen LogP contribution in [-0.2, 0) is 11.4 Å². The van der Waals surface area contributed by atoms with Crippen LogP contribution >= 0.6 is 0 Å². The van der Waals surface area contributed by atoms with E-state index in [1.54, 1.807) is 60.7 Å². The molecule has 5 rings (SSSR count). The van der Waals surface area contributed by atoms with Gasteiger partial charge in [-0.2, -0.15) is 4.21 Å². The van der Waals surface area contributed by atoms with Crippen LogP contribution in [0.5, 0.6) is 11.5 Å². The normalized spacial score (nSPS) is 13.2. The largest absolute Gasteiger partial charge is 0.488 e. The predicted octanol–water partition coefficient (Wildman–Crippen LogP) is 0.369. The van der Waals surface area contributed by atoms with Gasteiger partial charge in [0, 0.05) is 11.1 Å². The molecule has 0 radical (unpaired) electrons. The van der Waals surface area contributed by atoms with E-state index in [0.717, 1.165) is 21.5 Å². The molecule has 1 heterocycles. The third-order valence-electron chi connectivity index (χ3n) is 5.17. The van der Waals surface area contributed by atoms with Crippen molar-refractivity contribution in [3.05, 3.63) is 60.7 Å². The quantitative estimate of drug-likeness (QED) is 0.347. The predicted molar refractivity (Wildman–Crippen MR) is 116 cm³/mol. The molecule has 0 atom stereocenters. The highest BCUT2D eigenvalue weighted by Crippen LogP contribution is 2.47. The van der Waals surface area contributed by atoms with Crippen molar-refractivity contribution >= 4 is 58.1 Å². The van der Waals surface area contributed by atoms with Gasteiger partial charge in [-0.25, -0.2) is 0 Å². The summed E-state index contributed by atoms with van der Waals surface area (Å²) >= 11 is -2.05. The molecule has 10 heteroatoms. The van der Waals surface area contributed by atoms with E-state index in [-0.39, 0.29) is 0 Å². The fraction of sp³-hybridized carbons (Fsp3) is 0. The average Bonchev–Trinajstić information content (AvgIpc) is 2.88. The Morgan fingerprint density at radius 2 is 1.07 bits per heavy atom. The van der Waals surface area contributed by atoms with E-state index in [4.69, 9.17) is 8.37 Å². The minimum atomic E-state index is -2.05. The maximum atomic E-state index is 12.3. The number of hydrogen-bond acceptors (Lipinski definition) is 7. The Kier molecular flexibility index (Phi) is 4.53. The van der Waals surface area contributed by atoms with Gasteiger partial charge in [-0.15, -0.1) is 0 Å². The van der Waals surface area contributed by atoms with Crippen LogP contribution in [0.3, 0.4) is 0 Å². The maximum Gasteiger partial charge on any atom is 0.488 e. The Hall–Kier alpha value is -2.88. The zero-order valence-electron chi connectivity index (χ0n) is 15.4. The lowest BCUT2D eigenvalue weighted by Gasteiger charge is -2.14. The van der Waals surface area contributed by atoms with Gasteiger partial charge in [-0.05, 0) is 44.6 Å². The standard InChI is InChI=1S/C20H14B2O7S/c23-21(24)13-3-5-15-11(9-13)1-7-17-19(15)20-16-6-4-14(22(25)26)10-12(16)2-8-18(20)29-30(27)28-17/h1-10,23-26H. The molecule has 148 valence electrons. The lowest BCUT2D eigenvalue weighted by Crippen LogP contribution is -2.29. The fourth-order valence-electron chi connectivity index (χ4n) is 3.80. The fourth-order valence-corrected chi connectivity index (χ4v) is 4.40. The van der Waals surface area contributed by atoms with Crippen molar-refractivity contribution in [1.29, 1.82) is 0 Å². The molecule has 4 aromatic carbocycles. The van der Waals surface area contributed by atoms with E-state index in [0.29, 0.717) is 33.6 Å². The molecule has 1 aliphatic heterocycles. The summed E-state index contributed by atoms with van der Waals surface area (Å²) in [4.78, 5) is 0. The second-order valence-corrected chi connectivity index (χ2v) is 7.70. The Morgan fingerprint density at radius 3 is 1.47 bits per heavy atom. The Balaban J connectivity index is 1.88. The van der Waals surface area contributed by atoms with E-state index in [9.17, 15) is 24.3 Å². The molecule has 0 saturated heterocycles. The highest BCUT2D eigenvalue weighted by molar-refractivity contribution is 7.76. The Morgan fingerprint density at radius 1 is 0.633 bits per heavy atom. The molecule has 0 unspecified atom stereocenters. The van der Waals surface area contributed by atoms with Gasteiger partial charge in [0.05, 0.1) is 0 Å². The summed E-state index contributed by atoms with van der Waals surface area (Å²) in [5.74, 6) is 0.714. The van der Waals surface area contributed by atoms with E-state index in [1.807, 2.05) is 0 Å². The van der Waals surface area contributed by atoms with Crippen LogP contribution in [-0.4, -0.2) is 38.5 Å².